The topological polar surface area (TPSA) is 84.5 Å². The van der Waals surface area contributed by atoms with Gasteiger partial charge in [0.1, 0.15) is 11.8 Å². The highest BCUT2D eigenvalue weighted by molar-refractivity contribution is 7.89. The SMILES string of the molecule is CCOc1ccc(S(=O)(=O)N[C@H](Cc2ccccc2)C(=O)NCc2ccc(Cl)cc2Cl)cc1C. The minimum Gasteiger partial charge on any atom is -0.494 e. The van der Waals surface area contributed by atoms with E-state index in [1.165, 1.54) is 12.1 Å². The van der Waals surface area contributed by atoms with E-state index >= 15 is 0 Å². The third-order valence-corrected chi connectivity index (χ3v) is 7.18. The maximum Gasteiger partial charge on any atom is 0.241 e. The molecule has 3 aromatic carbocycles. The quantitative estimate of drug-likeness (QED) is 0.397. The van der Waals surface area contributed by atoms with E-state index in [2.05, 4.69) is 10.0 Å². The lowest BCUT2D eigenvalue weighted by atomic mass is 10.1. The number of ether oxygens (including phenoxy) is 1. The van der Waals surface area contributed by atoms with Crippen LogP contribution in [0.5, 0.6) is 5.75 Å². The summed E-state index contributed by atoms with van der Waals surface area (Å²) in [7, 11) is -3.99. The van der Waals surface area contributed by atoms with Crippen LogP contribution in [0.3, 0.4) is 0 Å². The van der Waals surface area contributed by atoms with Crippen LogP contribution in [-0.2, 0) is 27.8 Å². The Morgan fingerprint density at radius 2 is 1.76 bits per heavy atom. The Kier molecular flexibility index (Phi) is 8.97. The van der Waals surface area contributed by atoms with Gasteiger partial charge in [-0.05, 0) is 67.3 Å². The average molecular weight is 521 g/mol. The lowest BCUT2D eigenvalue weighted by Gasteiger charge is -2.19. The predicted octanol–water partition coefficient (Wildman–Crippen LogP) is 4.91. The van der Waals surface area contributed by atoms with Crippen LogP contribution in [0.2, 0.25) is 10.0 Å². The number of nitrogens with one attached hydrogen (secondary N) is 2. The van der Waals surface area contributed by atoms with Crippen molar-refractivity contribution in [2.75, 3.05) is 6.61 Å². The van der Waals surface area contributed by atoms with Crippen LogP contribution in [0.25, 0.3) is 0 Å². The Bertz CT molecular complexity index is 1250. The largest absolute Gasteiger partial charge is 0.494 e. The summed E-state index contributed by atoms with van der Waals surface area (Å²) >= 11 is 12.1. The van der Waals surface area contributed by atoms with E-state index in [9.17, 15) is 13.2 Å². The summed E-state index contributed by atoms with van der Waals surface area (Å²) in [6.45, 7) is 4.23. The van der Waals surface area contributed by atoms with Gasteiger partial charge in [-0.25, -0.2) is 8.42 Å². The highest BCUT2D eigenvalue weighted by Gasteiger charge is 2.26. The average Bonchev–Trinajstić information content (AvgIpc) is 2.80. The maximum absolute atomic E-state index is 13.2. The summed E-state index contributed by atoms with van der Waals surface area (Å²) in [5.41, 5.74) is 2.17. The molecular formula is C25H26Cl2N2O4S. The Hall–Kier alpha value is -2.58. The highest BCUT2D eigenvalue weighted by Crippen LogP contribution is 2.23. The molecule has 0 saturated heterocycles. The molecule has 0 saturated carbocycles. The first-order valence-electron chi connectivity index (χ1n) is 10.7. The van der Waals surface area contributed by atoms with Gasteiger partial charge in [-0.2, -0.15) is 4.72 Å². The molecule has 0 heterocycles. The van der Waals surface area contributed by atoms with Crippen molar-refractivity contribution in [1.29, 1.82) is 0 Å². The third-order valence-electron chi connectivity index (χ3n) is 5.12. The maximum atomic E-state index is 13.2. The fourth-order valence-electron chi connectivity index (χ4n) is 3.37. The van der Waals surface area contributed by atoms with Crippen molar-refractivity contribution in [3.8, 4) is 5.75 Å². The molecule has 34 heavy (non-hydrogen) atoms. The first-order valence-corrected chi connectivity index (χ1v) is 12.9. The monoisotopic (exact) mass is 520 g/mol. The minimum absolute atomic E-state index is 0.0556. The van der Waals surface area contributed by atoms with Crippen LogP contribution < -0.4 is 14.8 Å². The number of hydrogen-bond acceptors (Lipinski definition) is 4. The van der Waals surface area contributed by atoms with Gasteiger partial charge in [0, 0.05) is 16.6 Å². The van der Waals surface area contributed by atoms with Crippen molar-refractivity contribution in [3.63, 3.8) is 0 Å². The van der Waals surface area contributed by atoms with Crippen molar-refractivity contribution >= 4 is 39.1 Å². The second kappa shape index (κ2) is 11.7. The number of amides is 1. The number of benzene rings is 3. The zero-order chi connectivity index (χ0) is 24.7. The van der Waals surface area contributed by atoms with E-state index in [0.717, 1.165) is 5.56 Å². The first kappa shape index (κ1) is 26.0. The highest BCUT2D eigenvalue weighted by atomic mass is 35.5. The second-order valence-electron chi connectivity index (χ2n) is 7.68. The number of hydrogen-bond donors (Lipinski definition) is 2. The van der Waals surface area contributed by atoms with Gasteiger partial charge in [-0.3, -0.25) is 4.79 Å². The van der Waals surface area contributed by atoms with E-state index in [4.69, 9.17) is 27.9 Å². The van der Waals surface area contributed by atoms with Crippen LogP contribution in [0, 0.1) is 6.92 Å². The summed E-state index contributed by atoms with van der Waals surface area (Å²) in [5, 5.41) is 3.68. The summed E-state index contributed by atoms with van der Waals surface area (Å²) in [4.78, 5) is 13.1. The molecule has 0 unspecified atom stereocenters. The molecule has 0 aliphatic rings. The molecule has 3 rings (SSSR count). The molecule has 1 amide bonds. The van der Waals surface area contributed by atoms with Crippen LogP contribution in [0.15, 0.2) is 71.6 Å². The van der Waals surface area contributed by atoms with E-state index in [-0.39, 0.29) is 17.9 Å². The zero-order valence-corrected chi connectivity index (χ0v) is 21.2. The number of sulfonamides is 1. The van der Waals surface area contributed by atoms with E-state index < -0.39 is 22.0 Å². The number of carbonyl (C=O) groups excluding carboxylic acids is 1. The fraction of sp³-hybridized carbons (Fsp3) is 0.240. The predicted molar refractivity (Wildman–Crippen MR) is 135 cm³/mol. The number of carbonyl (C=O) groups is 1. The van der Waals surface area contributed by atoms with Gasteiger partial charge in [-0.1, -0.05) is 59.6 Å². The molecule has 1 atom stereocenters. The standard InChI is InChI=1S/C25H26Cl2N2O4S/c1-3-33-24-12-11-21(13-17(24)2)34(31,32)29-23(14-18-7-5-4-6-8-18)25(30)28-16-19-9-10-20(26)15-22(19)27/h4-13,15,23,29H,3,14,16H2,1-2H3,(H,28,30)/t23-/m1/s1. The first-order chi connectivity index (χ1) is 16.2. The summed E-state index contributed by atoms with van der Waals surface area (Å²) in [6.07, 6.45) is 0.177. The van der Waals surface area contributed by atoms with Crippen LogP contribution in [-0.4, -0.2) is 27.0 Å². The fourth-order valence-corrected chi connectivity index (χ4v) is 5.13. The Labute approximate surface area is 210 Å². The van der Waals surface area contributed by atoms with Gasteiger partial charge in [-0.15, -0.1) is 0 Å². The van der Waals surface area contributed by atoms with Crippen molar-refractivity contribution in [3.05, 3.63) is 93.5 Å². The van der Waals surface area contributed by atoms with Gasteiger partial charge < -0.3 is 10.1 Å². The van der Waals surface area contributed by atoms with Crippen molar-refractivity contribution in [1.82, 2.24) is 10.0 Å². The van der Waals surface area contributed by atoms with Gasteiger partial charge in [0.05, 0.1) is 11.5 Å². The number of aryl methyl sites for hydroxylation is 1. The smallest absolute Gasteiger partial charge is 0.241 e. The van der Waals surface area contributed by atoms with Gasteiger partial charge in [0.15, 0.2) is 0 Å². The normalized spacial score (nSPS) is 12.2. The van der Waals surface area contributed by atoms with Crippen LogP contribution in [0.4, 0.5) is 0 Å². The molecule has 3 aromatic rings. The molecule has 9 heteroatoms. The molecule has 2 N–H and O–H groups in total. The Morgan fingerprint density at radius 1 is 1.03 bits per heavy atom. The lowest BCUT2D eigenvalue weighted by Crippen LogP contribution is -2.47. The molecule has 0 bridgehead atoms. The molecule has 0 fully saturated rings. The third kappa shape index (κ3) is 6.96. The summed E-state index contributed by atoms with van der Waals surface area (Å²) in [5.74, 6) is 0.140. The van der Waals surface area contributed by atoms with E-state index in [1.54, 1.807) is 31.2 Å². The second-order valence-corrected chi connectivity index (χ2v) is 10.2. The minimum atomic E-state index is -3.99. The lowest BCUT2D eigenvalue weighted by molar-refractivity contribution is -0.122. The van der Waals surface area contributed by atoms with Crippen LogP contribution >= 0.6 is 23.2 Å². The van der Waals surface area contributed by atoms with Gasteiger partial charge in [0.25, 0.3) is 0 Å². The molecule has 180 valence electrons. The summed E-state index contributed by atoms with van der Waals surface area (Å²) < 4.78 is 34.4. The Morgan fingerprint density at radius 3 is 2.41 bits per heavy atom. The van der Waals surface area contributed by atoms with Gasteiger partial charge >= 0.3 is 0 Å². The molecule has 0 aliphatic carbocycles. The van der Waals surface area contributed by atoms with Gasteiger partial charge in [0.2, 0.25) is 15.9 Å². The molecule has 0 aromatic heterocycles. The van der Waals surface area contributed by atoms with Crippen molar-refractivity contribution < 1.29 is 17.9 Å². The van der Waals surface area contributed by atoms with Crippen molar-refractivity contribution in [2.24, 2.45) is 0 Å². The van der Waals surface area contributed by atoms with E-state index in [0.29, 0.717) is 33.5 Å². The molecule has 0 aliphatic heterocycles. The Balaban J connectivity index is 1.82. The number of rotatable bonds is 10. The number of halogens is 2. The summed E-state index contributed by atoms with van der Waals surface area (Å²) in [6, 6.07) is 17.7. The molecule has 0 radical (unpaired) electrons. The van der Waals surface area contributed by atoms with Crippen molar-refractivity contribution in [2.45, 2.75) is 37.8 Å². The molecule has 0 spiro atoms. The molecular weight excluding hydrogens is 495 g/mol. The molecule has 6 nitrogen and oxygen atoms in total. The van der Waals surface area contributed by atoms with E-state index in [1.807, 2.05) is 37.3 Å². The zero-order valence-electron chi connectivity index (χ0n) is 18.8. The van der Waals surface area contributed by atoms with Crippen LogP contribution in [0.1, 0.15) is 23.6 Å².